The largest absolute Gasteiger partial charge is 0.371 e. The lowest BCUT2D eigenvalue weighted by molar-refractivity contribution is -0.127. The van der Waals surface area contributed by atoms with E-state index in [1.165, 1.54) is 5.56 Å². The van der Waals surface area contributed by atoms with E-state index in [9.17, 15) is 18.0 Å². The summed E-state index contributed by atoms with van der Waals surface area (Å²) >= 11 is 0. The topological polar surface area (TPSA) is 86.8 Å². The number of hydrogen-bond donors (Lipinski definition) is 1. The number of carbonyl (C=O) groups is 2. The molecule has 1 unspecified atom stereocenters. The molecule has 1 atom stereocenters. The lowest BCUT2D eigenvalue weighted by atomic mass is 10.0. The summed E-state index contributed by atoms with van der Waals surface area (Å²) in [5.74, 6) is -0.293. The van der Waals surface area contributed by atoms with Crippen LogP contribution in [0.3, 0.4) is 0 Å². The Morgan fingerprint density at radius 2 is 1.59 bits per heavy atom. The van der Waals surface area contributed by atoms with Gasteiger partial charge in [-0.15, -0.1) is 0 Å². The molecule has 2 fully saturated rings. The van der Waals surface area contributed by atoms with E-state index >= 15 is 0 Å². The van der Waals surface area contributed by atoms with E-state index in [1.807, 2.05) is 36.4 Å². The summed E-state index contributed by atoms with van der Waals surface area (Å²) in [6.07, 6.45) is 2.81. The lowest BCUT2D eigenvalue weighted by Crippen LogP contribution is -2.46. The van der Waals surface area contributed by atoms with E-state index in [4.69, 9.17) is 0 Å². The number of nitrogens with zero attached hydrogens (tertiary/aromatic N) is 2. The smallest absolute Gasteiger partial charge is 0.227 e. The van der Waals surface area contributed by atoms with Crippen LogP contribution in [0.5, 0.6) is 0 Å². The highest BCUT2D eigenvalue weighted by molar-refractivity contribution is 7.91. The molecule has 2 heterocycles. The van der Waals surface area contributed by atoms with Crippen LogP contribution in [0.2, 0.25) is 0 Å². The maximum atomic E-state index is 12.9. The van der Waals surface area contributed by atoms with Crippen molar-refractivity contribution < 1.29 is 18.0 Å². The Morgan fingerprint density at radius 3 is 2.18 bits per heavy atom. The molecule has 2 aliphatic rings. The third kappa shape index (κ3) is 5.27. The third-order valence-corrected chi connectivity index (χ3v) is 8.68. The minimum absolute atomic E-state index is 0.00671. The molecule has 2 aliphatic heterocycles. The van der Waals surface area contributed by atoms with Crippen molar-refractivity contribution in [3.05, 3.63) is 54.1 Å². The fourth-order valence-electron chi connectivity index (χ4n) is 4.68. The standard InChI is InChI=1S/C26H33N3O4S/c1-3-19-5-7-23(8-6-19)29-18-20(17-25(29)30)26(31)27-21-13-15-28(16-14-21)22-9-11-24(12-10-22)34(32,33)4-2/h5-12,20-21H,3-4,13-18H2,1-2H3,(H,27,31). The molecule has 34 heavy (non-hydrogen) atoms. The average molecular weight is 484 g/mol. The van der Waals surface area contributed by atoms with E-state index in [2.05, 4.69) is 17.1 Å². The summed E-state index contributed by atoms with van der Waals surface area (Å²) in [5.41, 5.74) is 3.06. The monoisotopic (exact) mass is 483 g/mol. The number of hydrogen-bond acceptors (Lipinski definition) is 5. The van der Waals surface area contributed by atoms with Crippen LogP contribution in [-0.4, -0.2) is 51.7 Å². The summed E-state index contributed by atoms with van der Waals surface area (Å²) in [6, 6.07) is 15.1. The van der Waals surface area contributed by atoms with Crippen LogP contribution < -0.4 is 15.1 Å². The number of benzene rings is 2. The molecular formula is C26H33N3O4S. The summed E-state index contributed by atoms with van der Waals surface area (Å²) in [6.45, 7) is 5.72. The third-order valence-electron chi connectivity index (χ3n) is 6.93. The molecule has 7 nitrogen and oxygen atoms in total. The first kappa shape index (κ1) is 24.3. The van der Waals surface area contributed by atoms with E-state index in [1.54, 1.807) is 24.0 Å². The minimum Gasteiger partial charge on any atom is -0.371 e. The van der Waals surface area contributed by atoms with Gasteiger partial charge < -0.3 is 15.1 Å². The Kier molecular flexibility index (Phi) is 7.26. The molecule has 0 aliphatic carbocycles. The fourth-order valence-corrected chi connectivity index (χ4v) is 5.56. The molecule has 1 N–H and O–H groups in total. The number of rotatable bonds is 7. The number of nitrogens with one attached hydrogen (secondary N) is 1. The molecule has 2 aromatic rings. The maximum absolute atomic E-state index is 12.9. The van der Waals surface area contributed by atoms with E-state index < -0.39 is 9.84 Å². The van der Waals surface area contributed by atoms with Crippen LogP contribution in [0.15, 0.2) is 53.4 Å². The molecule has 2 aromatic carbocycles. The SMILES string of the molecule is CCc1ccc(N2CC(C(=O)NC3CCN(c4ccc(S(=O)(=O)CC)cc4)CC3)CC2=O)cc1. The van der Waals surface area contributed by atoms with Gasteiger partial charge in [0.05, 0.1) is 16.6 Å². The zero-order valence-electron chi connectivity index (χ0n) is 19.9. The van der Waals surface area contributed by atoms with Crippen molar-refractivity contribution >= 4 is 33.0 Å². The number of piperidine rings is 1. The molecule has 0 aromatic heterocycles. The second-order valence-corrected chi connectivity index (χ2v) is 11.4. The molecule has 2 saturated heterocycles. The van der Waals surface area contributed by atoms with Crippen LogP contribution in [-0.2, 0) is 25.8 Å². The van der Waals surface area contributed by atoms with Crippen LogP contribution in [0.4, 0.5) is 11.4 Å². The fraction of sp³-hybridized carbons (Fsp3) is 0.462. The number of amides is 2. The Morgan fingerprint density at radius 1 is 0.971 bits per heavy atom. The van der Waals surface area contributed by atoms with E-state index in [0.717, 1.165) is 43.7 Å². The Bertz CT molecular complexity index is 1120. The van der Waals surface area contributed by atoms with Crippen molar-refractivity contribution in [1.29, 1.82) is 0 Å². The predicted octanol–water partition coefficient (Wildman–Crippen LogP) is 3.18. The number of anilines is 2. The van der Waals surface area contributed by atoms with Gasteiger partial charge in [-0.05, 0) is 61.2 Å². The van der Waals surface area contributed by atoms with Gasteiger partial charge in [0.2, 0.25) is 11.8 Å². The first-order valence-electron chi connectivity index (χ1n) is 12.1. The van der Waals surface area contributed by atoms with Crippen molar-refractivity contribution in [3.63, 3.8) is 0 Å². The Balaban J connectivity index is 1.28. The first-order valence-corrected chi connectivity index (χ1v) is 13.7. The van der Waals surface area contributed by atoms with Gasteiger partial charge >= 0.3 is 0 Å². The number of aryl methyl sites for hydroxylation is 1. The number of sulfone groups is 1. The summed E-state index contributed by atoms with van der Waals surface area (Å²) in [4.78, 5) is 29.7. The molecule has 0 spiro atoms. The molecular weight excluding hydrogens is 450 g/mol. The van der Waals surface area contributed by atoms with Gasteiger partial charge in [-0.1, -0.05) is 26.0 Å². The highest BCUT2D eigenvalue weighted by atomic mass is 32.2. The van der Waals surface area contributed by atoms with Crippen molar-refractivity contribution in [2.45, 2.75) is 50.5 Å². The van der Waals surface area contributed by atoms with Crippen LogP contribution >= 0.6 is 0 Å². The second kappa shape index (κ2) is 10.2. The van der Waals surface area contributed by atoms with Gasteiger partial charge in [-0.25, -0.2) is 8.42 Å². The normalized spacial score (nSPS) is 19.5. The van der Waals surface area contributed by atoms with Gasteiger partial charge in [0, 0.05) is 43.5 Å². The van der Waals surface area contributed by atoms with E-state index in [-0.39, 0.29) is 35.9 Å². The first-order chi connectivity index (χ1) is 16.3. The quantitative estimate of drug-likeness (QED) is 0.654. The Labute approximate surface area is 202 Å². The summed E-state index contributed by atoms with van der Waals surface area (Å²) in [5, 5.41) is 3.16. The minimum atomic E-state index is -3.20. The number of carbonyl (C=O) groups excluding carboxylic acids is 2. The molecule has 4 rings (SSSR count). The highest BCUT2D eigenvalue weighted by Crippen LogP contribution is 2.27. The predicted molar refractivity (Wildman–Crippen MR) is 134 cm³/mol. The summed E-state index contributed by atoms with van der Waals surface area (Å²) < 4.78 is 24.0. The second-order valence-electron chi connectivity index (χ2n) is 9.09. The van der Waals surface area contributed by atoms with Crippen LogP contribution in [0.25, 0.3) is 0 Å². The summed E-state index contributed by atoms with van der Waals surface area (Å²) in [7, 11) is -3.20. The molecule has 0 bridgehead atoms. The van der Waals surface area contributed by atoms with Crippen molar-refractivity contribution in [2.75, 3.05) is 35.2 Å². The maximum Gasteiger partial charge on any atom is 0.227 e. The molecule has 0 radical (unpaired) electrons. The van der Waals surface area contributed by atoms with Gasteiger partial charge in [0.15, 0.2) is 9.84 Å². The molecule has 182 valence electrons. The van der Waals surface area contributed by atoms with Crippen molar-refractivity contribution in [3.8, 4) is 0 Å². The average Bonchev–Trinajstić information content (AvgIpc) is 3.26. The molecule has 2 amide bonds. The van der Waals surface area contributed by atoms with Crippen LogP contribution in [0, 0.1) is 5.92 Å². The Hall–Kier alpha value is -2.87. The van der Waals surface area contributed by atoms with Crippen molar-refractivity contribution in [2.24, 2.45) is 5.92 Å². The van der Waals surface area contributed by atoms with Gasteiger partial charge in [0.25, 0.3) is 0 Å². The lowest BCUT2D eigenvalue weighted by Gasteiger charge is -2.34. The highest BCUT2D eigenvalue weighted by Gasteiger charge is 2.36. The molecule has 8 heteroatoms. The van der Waals surface area contributed by atoms with Crippen LogP contribution in [0.1, 0.15) is 38.7 Å². The van der Waals surface area contributed by atoms with Gasteiger partial charge in [-0.2, -0.15) is 0 Å². The van der Waals surface area contributed by atoms with Gasteiger partial charge in [-0.3, -0.25) is 9.59 Å². The van der Waals surface area contributed by atoms with Gasteiger partial charge in [0.1, 0.15) is 0 Å². The zero-order chi connectivity index (χ0) is 24.3. The molecule has 0 saturated carbocycles. The van der Waals surface area contributed by atoms with E-state index in [0.29, 0.717) is 11.4 Å². The van der Waals surface area contributed by atoms with Crippen molar-refractivity contribution in [1.82, 2.24) is 5.32 Å². The zero-order valence-corrected chi connectivity index (χ0v) is 20.7.